The van der Waals surface area contributed by atoms with Crippen LogP contribution in [0.2, 0.25) is 0 Å². The summed E-state index contributed by atoms with van der Waals surface area (Å²) >= 11 is 3.32. The lowest BCUT2D eigenvalue weighted by Crippen LogP contribution is -2.30. The van der Waals surface area contributed by atoms with Crippen molar-refractivity contribution in [3.05, 3.63) is 69.7 Å². The molecule has 0 aliphatic heterocycles. The van der Waals surface area contributed by atoms with E-state index in [1.54, 1.807) is 12.1 Å². The Hall–Kier alpha value is -2.14. The molecule has 2 aromatic rings. The first-order valence-electron chi connectivity index (χ1n) is 7.41. The van der Waals surface area contributed by atoms with Gasteiger partial charge in [-0.3, -0.25) is 9.59 Å². The van der Waals surface area contributed by atoms with Crippen LogP contribution in [-0.4, -0.2) is 18.4 Å². The molecule has 0 radical (unpaired) electrons. The summed E-state index contributed by atoms with van der Waals surface area (Å²) in [5.41, 5.74) is 2.82. The van der Waals surface area contributed by atoms with E-state index in [1.165, 1.54) is 0 Å². The van der Waals surface area contributed by atoms with Gasteiger partial charge in [-0.2, -0.15) is 0 Å². The van der Waals surface area contributed by atoms with Gasteiger partial charge in [-0.1, -0.05) is 40.2 Å². The zero-order chi connectivity index (χ0) is 16.7. The fourth-order valence-corrected chi connectivity index (χ4v) is 2.35. The number of aryl methyl sites for hydroxylation is 1. The van der Waals surface area contributed by atoms with E-state index in [-0.39, 0.29) is 18.2 Å². The van der Waals surface area contributed by atoms with E-state index in [4.69, 9.17) is 0 Å². The number of rotatable bonds is 6. The number of carbonyl (C=O) groups is 2. The number of benzene rings is 2. The average molecular weight is 375 g/mol. The Morgan fingerprint density at radius 2 is 1.70 bits per heavy atom. The van der Waals surface area contributed by atoms with Gasteiger partial charge in [0.1, 0.15) is 0 Å². The molecule has 0 aromatic heterocycles. The predicted molar refractivity (Wildman–Crippen MR) is 94.1 cm³/mol. The molecule has 120 valence electrons. The molecule has 0 saturated heterocycles. The van der Waals surface area contributed by atoms with Gasteiger partial charge in [-0.05, 0) is 42.3 Å². The first-order chi connectivity index (χ1) is 11.1. The summed E-state index contributed by atoms with van der Waals surface area (Å²) in [7, 11) is 0. The van der Waals surface area contributed by atoms with Crippen LogP contribution >= 0.6 is 15.9 Å². The second-order valence-electron chi connectivity index (χ2n) is 5.22. The maximum atomic E-state index is 11.9. The van der Waals surface area contributed by atoms with Gasteiger partial charge >= 0.3 is 0 Å². The van der Waals surface area contributed by atoms with Crippen LogP contribution in [0.15, 0.2) is 53.0 Å². The number of hydrogen-bond donors (Lipinski definition) is 2. The molecule has 4 nitrogen and oxygen atoms in total. The molecule has 2 amide bonds. The quantitative estimate of drug-likeness (QED) is 0.815. The lowest BCUT2D eigenvalue weighted by atomic mass is 10.1. The zero-order valence-electron chi connectivity index (χ0n) is 12.9. The first-order valence-corrected chi connectivity index (χ1v) is 8.20. The van der Waals surface area contributed by atoms with E-state index >= 15 is 0 Å². The van der Waals surface area contributed by atoms with Crippen molar-refractivity contribution in [2.24, 2.45) is 0 Å². The summed E-state index contributed by atoms with van der Waals surface area (Å²) in [5, 5.41) is 5.61. The molecule has 0 atom stereocenters. The minimum absolute atomic E-state index is 0.0793. The molecule has 0 saturated carbocycles. The number of carbonyl (C=O) groups excluding carboxylic acids is 2. The van der Waals surface area contributed by atoms with Crippen molar-refractivity contribution >= 4 is 27.7 Å². The van der Waals surface area contributed by atoms with E-state index in [2.05, 4.69) is 26.6 Å². The molecule has 0 fully saturated rings. The Bertz CT molecular complexity index is 684. The van der Waals surface area contributed by atoms with Gasteiger partial charge in [0.15, 0.2) is 0 Å². The van der Waals surface area contributed by atoms with Gasteiger partial charge in [-0.25, -0.2) is 0 Å². The smallest absolute Gasteiger partial charge is 0.251 e. The largest absolute Gasteiger partial charge is 0.352 e. The van der Waals surface area contributed by atoms with Crippen LogP contribution in [0.25, 0.3) is 0 Å². The standard InChI is InChI=1S/C18H19BrN2O2/c1-13-4-2-3-5-15(13)12-21-17(22)10-11-20-18(23)14-6-8-16(19)9-7-14/h2-9H,10-12H2,1H3,(H,20,23)(H,21,22). The molecule has 2 N–H and O–H groups in total. The Morgan fingerprint density at radius 3 is 2.39 bits per heavy atom. The Labute approximate surface area is 144 Å². The van der Waals surface area contributed by atoms with Crippen LogP contribution < -0.4 is 10.6 Å². The Kier molecular flexibility index (Phi) is 6.35. The number of nitrogens with one attached hydrogen (secondary N) is 2. The molecule has 5 heteroatoms. The van der Waals surface area contributed by atoms with E-state index in [1.807, 2.05) is 43.3 Å². The van der Waals surface area contributed by atoms with Gasteiger partial charge in [0.2, 0.25) is 5.91 Å². The van der Waals surface area contributed by atoms with Crippen molar-refractivity contribution in [1.29, 1.82) is 0 Å². The molecule has 0 heterocycles. The molecule has 2 rings (SSSR count). The number of amides is 2. The summed E-state index contributed by atoms with van der Waals surface area (Å²) in [6, 6.07) is 15.0. The van der Waals surface area contributed by atoms with Gasteiger partial charge in [0, 0.05) is 29.5 Å². The third-order valence-corrected chi connectivity index (χ3v) is 4.01. The highest BCUT2D eigenvalue weighted by molar-refractivity contribution is 9.10. The van der Waals surface area contributed by atoms with Crippen molar-refractivity contribution in [3.8, 4) is 0 Å². The minimum atomic E-state index is -0.177. The summed E-state index contributed by atoms with van der Waals surface area (Å²) < 4.78 is 0.921. The van der Waals surface area contributed by atoms with Crippen LogP contribution in [-0.2, 0) is 11.3 Å². The van der Waals surface area contributed by atoms with E-state index in [0.29, 0.717) is 18.7 Å². The third kappa shape index (κ3) is 5.53. The van der Waals surface area contributed by atoms with Crippen molar-refractivity contribution in [3.63, 3.8) is 0 Å². The van der Waals surface area contributed by atoms with Gasteiger partial charge in [-0.15, -0.1) is 0 Å². The summed E-state index contributed by atoms with van der Waals surface area (Å²) in [6.45, 7) is 2.83. The maximum Gasteiger partial charge on any atom is 0.251 e. The Balaban J connectivity index is 1.71. The first kappa shape index (κ1) is 17.2. The van der Waals surface area contributed by atoms with Crippen molar-refractivity contribution < 1.29 is 9.59 Å². The topological polar surface area (TPSA) is 58.2 Å². The molecule has 0 unspecified atom stereocenters. The molecular formula is C18H19BrN2O2. The molecule has 0 bridgehead atoms. The van der Waals surface area contributed by atoms with Crippen LogP contribution in [0, 0.1) is 6.92 Å². The van der Waals surface area contributed by atoms with Crippen LogP contribution in [0.1, 0.15) is 27.9 Å². The lowest BCUT2D eigenvalue weighted by molar-refractivity contribution is -0.121. The lowest BCUT2D eigenvalue weighted by Gasteiger charge is -2.08. The SMILES string of the molecule is Cc1ccccc1CNC(=O)CCNC(=O)c1ccc(Br)cc1. The zero-order valence-corrected chi connectivity index (χ0v) is 14.5. The van der Waals surface area contributed by atoms with E-state index in [9.17, 15) is 9.59 Å². The minimum Gasteiger partial charge on any atom is -0.352 e. The monoisotopic (exact) mass is 374 g/mol. The predicted octanol–water partition coefficient (Wildman–Crippen LogP) is 3.19. The van der Waals surface area contributed by atoms with Crippen LogP contribution in [0.5, 0.6) is 0 Å². The molecule has 0 aliphatic carbocycles. The van der Waals surface area contributed by atoms with Crippen molar-refractivity contribution in [1.82, 2.24) is 10.6 Å². The maximum absolute atomic E-state index is 11.9. The highest BCUT2D eigenvalue weighted by Gasteiger charge is 2.07. The van der Waals surface area contributed by atoms with E-state index in [0.717, 1.165) is 15.6 Å². The molecule has 23 heavy (non-hydrogen) atoms. The van der Waals surface area contributed by atoms with Gasteiger partial charge < -0.3 is 10.6 Å². The van der Waals surface area contributed by atoms with Crippen molar-refractivity contribution in [2.75, 3.05) is 6.54 Å². The summed E-state index contributed by atoms with van der Waals surface area (Å²) in [5.74, 6) is -0.256. The number of hydrogen-bond acceptors (Lipinski definition) is 2. The molecule has 2 aromatic carbocycles. The van der Waals surface area contributed by atoms with Crippen LogP contribution in [0.3, 0.4) is 0 Å². The van der Waals surface area contributed by atoms with Gasteiger partial charge in [0.25, 0.3) is 5.91 Å². The molecule has 0 aliphatic rings. The molecule has 0 spiro atoms. The van der Waals surface area contributed by atoms with Gasteiger partial charge in [0.05, 0.1) is 0 Å². The second kappa shape index (κ2) is 8.48. The average Bonchev–Trinajstić information content (AvgIpc) is 2.54. The molecular weight excluding hydrogens is 356 g/mol. The Morgan fingerprint density at radius 1 is 1.00 bits per heavy atom. The summed E-state index contributed by atoms with van der Waals surface area (Å²) in [6.07, 6.45) is 0.258. The van der Waals surface area contributed by atoms with Crippen molar-refractivity contribution in [2.45, 2.75) is 19.9 Å². The normalized spacial score (nSPS) is 10.2. The fraction of sp³-hybridized carbons (Fsp3) is 0.222. The second-order valence-corrected chi connectivity index (χ2v) is 6.13. The highest BCUT2D eigenvalue weighted by atomic mass is 79.9. The fourth-order valence-electron chi connectivity index (χ4n) is 2.08. The summed E-state index contributed by atoms with van der Waals surface area (Å²) in [4.78, 5) is 23.7. The highest BCUT2D eigenvalue weighted by Crippen LogP contribution is 2.10. The number of halogens is 1. The van der Waals surface area contributed by atoms with Crippen LogP contribution in [0.4, 0.5) is 0 Å². The third-order valence-electron chi connectivity index (χ3n) is 3.48. The van der Waals surface area contributed by atoms with E-state index < -0.39 is 0 Å².